The van der Waals surface area contributed by atoms with Crippen molar-refractivity contribution in [2.24, 2.45) is 4.99 Å². The van der Waals surface area contributed by atoms with Crippen molar-refractivity contribution in [2.45, 2.75) is 13.0 Å². The Bertz CT molecular complexity index is 571. The third kappa shape index (κ3) is 8.79. The Hall–Kier alpha value is -0.930. The molecule has 0 fully saturated rings. The summed E-state index contributed by atoms with van der Waals surface area (Å²) >= 11 is 3.59. The lowest BCUT2D eigenvalue weighted by atomic mass is 10.3. The van der Waals surface area contributed by atoms with Gasteiger partial charge >= 0.3 is 0 Å². The van der Waals surface area contributed by atoms with Crippen LogP contribution in [-0.4, -0.2) is 30.6 Å². The van der Waals surface area contributed by atoms with Crippen LogP contribution in [0.2, 0.25) is 0 Å². The van der Waals surface area contributed by atoms with E-state index in [0.717, 1.165) is 42.7 Å². The zero-order valence-corrected chi connectivity index (χ0v) is 17.5. The third-order valence-corrected chi connectivity index (χ3v) is 4.82. The monoisotopic (exact) mass is 477 g/mol. The molecule has 132 valence electrons. The molecule has 2 heterocycles. The fourth-order valence-corrected chi connectivity index (χ4v) is 3.11. The molecule has 0 aliphatic rings. The second-order valence-corrected chi connectivity index (χ2v) is 6.97. The van der Waals surface area contributed by atoms with E-state index in [0.29, 0.717) is 6.54 Å². The molecule has 0 aromatic carbocycles. The minimum absolute atomic E-state index is 0. The number of nitrogens with zero attached hydrogens (tertiary/aromatic N) is 1. The van der Waals surface area contributed by atoms with Crippen LogP contribution in [0.1, 0.15) is 10.6 Å². The van der Waals surface area contributed by atoms with E-state index in [-0.39, 0.29) is 24.0 Å². The van der Waals surface area contributed by atoms with Gasteiger partial charge in [-0.15, -0.1) is 41.9 Å². The van der Waals surface area contributed by atoms with E-state index >= 15 is 0 Å². The van der Waals surface area contributed by atoms with E-state index in [4.69, 9.17) is 4.42 Å². The summed E-state index contributed by atoms with van der Waals surface area (Å²) < 4.78 is 5.35. The number of thioether (sulfide) groups is 1. The summed E-state index contributed by atoms with van der Waals surface area (Å²) in [6.45, 7) is 6.11. The number of thiophene rings is 1. The number of hydrogen-bond acceptors (Lipinski definition) is 4. The van der Waals surface area contributed by atoms with E-state index < -0.39 is 0 Å². The largest absolute Gasteiger partial charge is 0.469 e. The number of nitrogens with one attached hydrogen (secondary N) is 2. The molecule has 2 N–H and O–H groups in total. The maximum atomic E-state index is 5.35. The molecule has 2 rings (SSSR count). The number of aliphatic imine (C=N–C) groups is 1. The molecular formula is C17H24IN3OS2. The zero-order chi connectivity index (χ0) is 16.2. The summed E-state index contributed by atoms with van der Waals surface area (Å²) in [5.74, 6) is 3.85. The zero-order valence-electron chi connectivity index (χ0n) is 13.6. The van der Waals surface area contributed by atoms with Crippen molar-refractivity contribution in [1.82, 2.24) is 10.6 Å². The Balaban J connectivity index is 0.00000288. The highest BCUT2D eigenvalue weighted by Gasteiger charge is 2.01. The van der Waals surface area contributed by atoms with Crippen molar-refractivity contribution in [2.75, 3.05) is 24.6 Å². The van der Waals surface area contributed by atoms with Gasteiger partial charge in [-0.3, -0.25) is 0 Å². The van der Waals surface area contributed by atoms with Crippen LogP contribution in [0.3, 0.4) is 0 Å². The molecule has 0 saturated carbocycles. The Kier molecular flexibility index (Phi) is 11.8. The molecule has 24 heavy (non-hydrogen) atoms. The van der Waals surface area contributed by atoms with Crippen LogP contribution in [0.4, 0.5) is 0 Å². The molecule has 0 atom stereocenters. The van der Waals surface area contributed by atoms with Gasteiger partial charge < -0.3 is 15.1 Å². The first-order valence-corrected chi connectivity index (χ1v) is 9.67. The van der Waals surface area contributed by atoms with Crippen LogP contribution < -0.4 is 10.6 Å². The maximum Gasteiger partial charge on any atom is 0.191 e. The molecule has 0 radical (unpaired) electrons. The highest BCUT2D eigenvalue weighted by molar-refractivity contribution is 14.0. The van der Waals surface area contributed by atoms with Crippen LogP contribution >= 0.6 is 47.1 Å². The summed E-state index contributed by atoms with van der Waals surface area (Å²) in [7, 11) is 0. The average molecular weight is 477 g/mol. The highest BCUT2D eigenvalue weighted by Crippen LogP contribution is 2.09. The molecule has 4 nitrogen and oxygen atoms in total. The van der Waals surface area contributed by atoms with E-state index in [9.17, 15) is 0 Å². The molecule has 0 bridgehead atoms. The van der Waals surface area contributed by atoms with Crippen molar-refractivity contribution in [3.8, 4) is 0 Å². The van der Waals surface area contributed by atoms with Gasteiger partial charge in [0.05, 0.1) is 12.8 Å². The van der Waals surface area contributed by atoms with Gasteiger partial charge in [-0.05, 0) is 23.6 Å². The quantitative estimate of drug-likeness (QED) is 0.178. The third-order valence-electron chi connectivity index (χ3n) is 2.99. The smallest absolute Gasteiger partial charge is 0.191 e. The Morgan fingerprint density at radius 1 is 1.29 bits per heavy atom. The molecule has 2 aromatic heterocycles. The van der Waals surface area contributed by atoms with E-state index in [2.05, 4.69) is 39.7 Å². The van der Waals surface area contributed by atoms with Gasteiger partial charge in [0.25, 0.3) is 0 Å². The molecule has 0 unspecified atom stereocenters. The van der Waals surface area contributed by atoms with Gasteiger partial charge in [-0.25, -0.2) is 4.99 Å². The first-order chi connectivity index (χ1) is 11.4. The Morgan fingerprint density at radius 3 is 2.88 bits per heavy atom. The van der Waals surface area contributed by atoms with Gasteiger partial charge in [-0.2, -0.15) is 11.8 Å². The molecular weight excluding hydrogens is 453 g/mol. The van der Waals surface area contributed by atoms with Gasteiger partial charge in [0.15, 0.2) is 5.96 Å². The SMILES string of the molecule is C=CCSCCNC(=NCc1cccs1)NCCc1ccco1.I. The first kappa shape index (κ1) is 21.1. The predicted octanol–water partition coefficient (Wildman–Crippen LogP) is 4.16. The molecule has 0 amide bonds. The Labute approximate surface area is 169 Å². The van der Waals surface area contributed by atoms with Gasteiger partial charge in [0, 0.05) is 35.9 Å². The van der Waals surface area contributed by atoms with E-state index in [1.807, 2.05) is 30.0 Å². The van der Waals surface area contributed by atoms with E-state index in [1.54, 1.807) is 17.6 Å². The van der Waals surface area contributed by atoms with Crippen LogP contribution in [0.25, 0.3) is 0 Å². The fourth-order valence-electron chi connectivity index (χ4n) is 1.90. The summed E-state index contributed by atoms with van der Waals surface area (Å²) in [5.41, 5.74) is 0. The van der Waals surface area contributed by atoms with Crippen molar-refractivity contribution < 1.29 is 4.42 Å². The van der Waals surface area contributed by atoms with Crippen molar-refractivity contribution in [3.63, 3.8) is 0 Å². The number of hydrogen-bond donors (Lipinski definition) is 2. The van der Waals surface area contributed by atoms with Crippen LogP contribution in [-0.2, 0) is 13.0 Å². The topological polar surface area (TPSA) is 49.6 Å². The predicted molar refractivity (Wildman–Crippen MR) is 117 cm³/mol. The van der Waals surface area contributed by atoms with Crippen LogP contribution in [0.5, 0.6) is 0 Å². The second kappa shape index (κ2) is 13.4. The maximum absolute atomic E-state index is 5.35. The summed E-state index contributed by atoms with van der Waals surface area (Å²) in [6.07, 6.45) is 4.48. The van der Waals surface area contributed by atoms with Crippen molar-refractivity contribution >= 4 is 53.0 Å². The normalized spacial score (nSPS) is 10.9. The standard InChI is InChI=1S/C17H23N3OS2.HI/c1-2-11-22-13-9-19-17(20-14-16-6-4-12-23-16)18-8-7-15-5-3-10-21-15;/h2-6,10,12H,1,7-9,11,13-14H2,(H2,18,19,20);1H. The Morgan fingerprint density at radius 2 is 2.17 bits per heavy atom. The number of guanidine groups is 1. The number of halogens is 1. The minimum atomic E-state index is 0. The summed E-state index contributed by atoms with van der Waals surface area (Å²) in [6, 6.07) is 8.06. The van der Waals surface area contributed by atoms with Crippen LogP contribution in [0.15, 0.2) is 58.0 Å². The van der Waals surface area contributed by atoms with Gasteiger partial charge in [0.2, 0.25) is 0 Å². The average Bonchev–Trinajstić information content (AvgIpc) is 3.25. The molecule has 2 aromatic rings. The number of rotatable bonds is 10. The lowest BCUT2D eigenvalue weighted by molar-refractivity contribution is 0.507. The van der Waals surface area contributed by atoms with Gasteiger partial charge in [0.1, 0.15) is 5.76 Å². The molecule has 0 aliphatic carbocycles. The lowest BCUT2D eigenvalue weighted by Crippen LogP contribution is -2.39. The fraction of sp³-hybridized carbons (Fsp3) is 0.353. The minimum Gasteiger partial charge on any atom is -0.469 e. The van der Waals surface area contributed by atoms with Crippen molar-refractivity contribution in [3.05, 3.63) is 59.2 Å². The first-order valence-electron chi connectivity index (χ1n) is 7.64. The lowest BCUT2D eigenvalue weighted by Gasteiger charge is -2.12. The summed E-state index contributed by atoms with van der Waals surface area (Å²) in [4.78, 5) is 5.91. The summed E-state index contributed by atoms with van der Waals surface area (Å²) in [5, 5.41) is 8.82. The van der Waals surface area contributed by atoms with Crippen LogP contribution in [0, 0.1) is 0 Å². The van der Waals surface area contributed by atoms with E-state index in [1.165, 1.54) is 4.88 Å². The molecule has 0 spiro atoms. The molecule has 7 heteroatoms. The molecule has 0 aliphatic heterocycles. The highest BCUT2D eigenvalue weighted by atomic mass is 127. The number of furan rings is 1. The second-order valence-electron chi connectivity index (χ2n) is 4.79. The van der Waals surface area contributed by atoms with Gasteiger partial charge in [-0.1, -0.05) is 12.1 Å². The molecule has 0 saturated heterocycles. The van der Waals surface area contributed by atoms with Crippen molar-refractivity contribution in [1.29, 1.82) is 0 Å².